The molecule has 0 aliphatic heterocycles. The molecule has 0 heterocycles. The number of hydrogen-bond acceptors (Lipinski definition) is 4. The fourth-order valence-corrected chi connectivity index (χ4v) is 2.87. The van der Waals surface area contributed by atoms with Crippen LogP contribution in [0.15, 0.2) is 0 Å². The molecule has 0 bridgehead atoms. The summed E-state index contributed by atoms with van der Waals surface area (Å²) in [6.45, 7) is 5.40. The molecule has 0 amide bonds. The molecule has 1 unspecified atom stereocenters. The number of hydrogen-bond donors (Lipinski definition) is 0. The number of carbonyl (C=O) groups excluding carboxylic acids is 2. The Morgan fingerprint density at radius 2 is 1.21 bits per heavy atom. The summed E-state index contributed by atoms with van der Waals surface area (Å²) in [5.41, 5.74) is 0. The van der Waals surface area contributed by atoms with Gasteiger partial charge >= 0.3 is 11.9 Å². The summed E-state index contributed by atoms with van der Waals surface area (Å²) in [7, 11) is 0. The first kappa shape index (κ1) is 22.9. The first-order valence-corrected chi connectivity index (χ1v) is 9.86. The zero-order chi connectivity index (χ0) is 18.0. The van der Waals surface area contributed by atoms with E-state index in [-0.39, 0.29) is 18.0 Å². The Morgan fingerprint density at radius 1 is 0.708 bits per heavy atom. The SMILES string of the molecule is CCCCCCCCCCCCCC(CCOC(C)=O)OC(C)=O. The number of unbranched alkanes of at least 4 members (excludes halogenated alkanes) is 10. The van der Waals surface area contributed by atoms with Crippen LogP contribution in [-0.2, 0) is 19.1 Å². The van der Waals surface area contributed by atoms with Crippen molar-refractivity contribution in [3.05, 3.63) is 0 Å². The van der Waals surface area contributed by atoms with Gasteiger partial charge in [-0.2, -0.15) is 0 Å². The van der Waals surface area contributed by atoms with E-state index in [9.17, 15) is 9.59 Å². The van der Waals surface area contributed by atoms with Gasteiger partial charge in [-0.15, -0.1) is 0 Å². The average molecular weight is 343 g/mol. The highest BCUT2D eigenvalue weighted by Crippen LogP contribution is 2.15. The number of carbonyl (C=O) groups is 2. The molecule has 0 aliphatic rings. The highest BCUT2D eigenvalue weighted by Gasteiger charge is 2.12. The summed E-state index contributed by atoms with van der Waals surface area (Å²) in [4.78, 5) is 21.9. The third kappa shape index (κ3) is 17.3. The van der Waals surface area contributed by atoms with Crippen LogP contribution in [0.4, 0.5) is 0 Å². The Balaban J connectivity index is 3.54. The second-order valence-corrected chi connectivity index (χ2v) is 6.68. The molecule has 0 saturated heterocycles. The normalized spacial score (nSPS) is 12.0. The Labute approximate surface area is 148 Å². The van der Waals surface area contributed by atoms with Gasteiger partial charge in [-0.25, -0.2) is 0 Å². The van der Waals surface area contributed by atoms with Crippen LogP contribution < -0.4 is 0 Å². The summed E-state index contributed by atoms with van der Waals surface area (Å²) in [5.74, 6) is -0.544. The van der Waals surface area contributed by atoms with Crippen LogP contribution in [0.1, 0.15) is 104 Å². The van der Waals surface area contributed by atoms with Crippen molar-refractivity contribution in [3.8, 4) is 0 Å². The van der Waals surface area contributed by atoms with Crippen LogP contribution >= 0.6 is 0 Å². The van der Waals surface area contributed by atoms with Gasteiger partial charge in [0.1, 0.15) is 6.10 Å². The van der Waals surface area contributed by atoms with Gasteiger partial charge in [0, 0.05) is 20.3 Å². The maximum atomic E-state index is 11.1. The highest BCUT2D eigenvalue weighted by atomic mass is 16.6. The first-order chi connectivity index (χ1) is 11.6. The minimum absolute atomic E-state index is 0.125. The molecule has 0 aromatic rings. The Bertz CT molecular complexity index is 315. The predicted molar refractivity (Wildman–Crippen MR) is 97.9 cm³/mol. The maximum absolute atomic E-state index is 11.1. The molecule has 0 aromatic heterocycles. The molecule has 0 radical (unpaired) electrons. The van der Waals surface area contributed by atoms with Crippen LogP contribution in [0.3, 0.4) is 0 Å². The van der Waals surface area contributed by atoms with E-state index < -0.39 is 0 Å². The zero-order valence-electron chi connectivity index (χ0n) is 16.1. The predicted octanol–water partition coefficient (Wildman–Crippen LogP) is 5.57. The second kappa shape index (κ2) is 16.8. The highest BCUT2D eigenvalue weighted by molar-refractivity contribution is 5.66. The minimum Gasteiger partial charge on any atom is -0.466 e. The van der Waals surface area contributed by atoms with Gasteiger partial charge in [0.15, 0.2) is 0 Å². The summed E-state index contributed by atoms with van der Waals surface area (Å²) >= 11 is 0. The zero-order valence-corrected chi connectivity index (χ0v) is 16.1. The van der Waals surface area contributed by atoms with Crippen molar-refractivity contribution in [2.45, 2.75) is 110 Å². The van der Waals surface area contributed by atoms with Crippen LogP contribution in [0.2, 0.25) is 0 Å². The van der Waals surface area contributed by atoms with Crippen LogP contribution in [-0.4, -0.2) is 24.6 Å². The molecule has 4 nitrogen and oxygen atoms in total. The monoisotopic (exact) mass is 342 g/mol. The van der Waals surface area contributed by atoms with Crippen molar-refractivity contribution in [2.24, 2.45) is 0 Å². The van der Waals surface area contributed by atoms with Crippen molar-refractivity contribution in [2.75, 3.05) is 6.61 Å². The molecular formula is C20H38O4. The third-order valence-electron chi connectivity index (χ3n) is 4.21. The van der Waals surface area contributed by atoms with Gasteiger partial charge in [0.2, 0.25) is 0 Å². The van der Waals surface area contributed by atoms with Gasteiger partial charge in [0.25, 0.3) is 0 Å². The van der Waals surface area contributed by atoms with Gasteiger partial charge in [0.05, 0.1) is 6.61 Å². The molecule has 0 fully saturated rings. The molecule has 4 heteroatoms. The van der Waals surface area contributed by atoms with Gasteiger partial charge in [-0.1, -0.05) is 71.1 Å². The van der Waals surface area contributed by atoms with Crippen LogP contribution in [0.5, 0.6) is 0 Å². The van der Waals surface area contributed by atoms with E-state index in [0.717, 1.165) is 12.8 Å². The standard InChI is InChI=1S/C20H38O4/c1-4-5-6-7-8-9-10-11-12-13-14-15-20(24-19(3)22)16-17-23-18(2)21/h20H,4-17H2,1-3H3. The fourth-order valence-electron chi connectivity index (χ4n) is 2.87. The first-order valence-electron chi connectivity index (χ1n) is 9.86. The van der Waals surface area contributed by atoms with Crippen molar-refractivity contribution in [1.82, 2.24) is 0 Å². The minimum atomic E-state index is -0.286. The van der Waals surface area contributed by atoms with E-state index >= 15 is 0 Å². The largest absolute Gasteiger partial charge is 0.466 e. The average Bonchev–Trinajstić information content (AvgIpc) is 2.51. The van der Waals surface area contributed by atoms with Gasteiger partial charge in [-0.05, 0) is 12.8 Å². The molecule has 0 N–H and O–H groups in total. The topological polar surface area (TPSA) is 52.6 Å². The summed E-state index contributed by atoms with van der Waals surface area (Å²) in [5, 5.41) is 0. The Hall–Kier alpha value is -1.06. The van der Waals surface area contributed by atoms with Crippen LogP contribution in [0.25, 0.3) is 0 Å². The Kier molecular flexibility index (Phi) is 16.0. The lowest BCUT2D eigenvalue weighted by Crippen LogP contribution is -2.19. The molecule has 142 valence electrons. The molecule has 24 heavy (non-hydrogen) atoms. The lowest BCUT2D eigenvalue weighted by Gasteiger charge is -2.16. The molecular weight excluding hydrogens is 304 g/mol. The van der Waals surface area contributed by atoms with Crippen molar-refractivity contribution in [3.63, 3.8) is 0 Å². The molecule has 0 saturated carbocycles. The van der Waals surface area contributed by atoms with E-state index in [4.69, 9.17) is 9.47 Å². The number of ether oxygens (including phenoxy) is 2. The van der Waals surface area contributed by atoms with Gasteiger partial charge in [-0.3, -0.25) is 9.59 Å². The van der Waals surface area contributed by atoms with Crippen molar-refractivity contribution in [1.29, 1.82) is 0 Å². The summed E-state index contributed by atoms with van der Waals surface area (Å²) in [6.07, 6.45) is 15.7. The number of rotatable bonds is 16. The fraction of sp³-hybridized carbons (Fsp3) is 0.900. The van der Waals surface area contributed by atoms with E-state index in [0.29, 0.717) is 13.0 Å². The molecule has 0 spiro atoms. The molecule has 0 aromatic carbocycles. The smallest absolute Gasteiger partial charge is 0.302 e. The van der Waals surface area contributed by atoms with E-state index in [1.54, 1.807) is 0 Å². The molecule has 0 aliphatic carbocycles. The quantitative estimate of drug-likeness (QED) is 0.272. The van der Waals surface area contributed by atoms with E-state index in [2.05, 4.69) is 6.92 Å². The molecule has 1 atom stereocenters. The number of esters is 2. The van der Waals surface area contributed by atoms with Crippen molar-refractivity contribution >= 4 is 11.9 Å². The second-order valence-electron chi connectivity index (χ2n) is 6.68. The maximum Gasteiger partial charge on any atom is 0.302 e. The van der Waals surface area contributed by atoms with Gasteiger partial charge < -0.3 is 9.47 Å². The lowest BCUT2D eigenvalue weighted by molar-refractivity contribution is -0.148. The summed E-state index contributed by atoms with van der Waals surface area (Å²) < 4.78 is 10.2. The van der Waals surface area contributed by atoms with Crippen molar-refractivity contribution < 1.29 is 19.1 Å². The molecule has 0 rings (SSSR count). The van der Waals surface area contributed by atoms with E-state index in [1.807, 2.05) is 0 Å². The summed E-state index contributed by atoms with van der Waals surface area (Å²) in [6, 6.07) is 0. The van der Waals surface area contributed by atoms with E-state index in [1.165, 1.54) is 78.1 Å². The van der Waals surface area contributed by atoms with Crippen LogP contribution in [0, 0.1) is 0 Å². The Morgan fingerprint density at radius 3 is 1.67 bits per heavy atom. The lowest BCUT2D eigenvalue weighted by atomic mass is 10.0. The third-order valence-corrected chi connectivity index (χ3v) is 4.21.